The maximum absolute atomic E-state index is 11.3. The summed E-state index contributed by atoms with van der Waals surface area (Å²) in [5, 5.41) is 3.08. The van der Waals surface area contributed by atoms with Gasteiger partial charge in [0.05, 0.1) is 5.02 Å². The average Bonchev–Trinajstić information content (AvgIpc) is 2.34. The molecule has 0 fully saturated rings. The Balaban J connectivity index is 2.58. The molecule has 0 saturated heterocycles. The van der Waals surface area contributed by atoms with E-state index < -0.39 is 0 Å². The second kappa shape index (κ2) is 7.18. The summed E-state index contributed by atoms with van der Waals surface area (Å²) in [7, 11) is 0. The van der Waals surface area contributed by atoms with Gasteiger partial charge in [0.2, 0.25) is 0 Å². The van der Waals surface area contributed by atoms with E-state index >= 15 is 0 Å². The summed E-state index contributed by atoms with van der Waals surface area (Å²) in [4.78, 5) is 11.6. The molecule has 3 N–H and O–H groups in total. The normalized spacial score (nSPS) is 9.89. The van der Waals surface area contributed by atoms with Crippen LogP contribution in [0, 0.1) is 0 Å². The number of nitrogens with one attached hydrogen (secondary N) is 1. The van der Waals surface area contributed by atoms with Crippen molar-refractivity contribution in [3.63, 3.8) is 0 Å². The quantitative estimate of drug-likeness (QED) is 0.784. The molecular formula is C12H15ClN2O2S. The highest BCUT2D eigenvalue weighted by molar-refractivity contribution is 7.80. The first-order chi connectivity index (χ1) is 8.54. The number of benzene rings is 1. The van der Waals surface area contributed by atoms with Gasteiger partial charge < -0.3 is 15.8 Å². The van der Waals surface area contributed by atoms with Gasteiger partial charge in [0, 0.05) is 12.1 Å². The first-order valence-electron chi connectivity index (χ1n) is 5.53. The van der Waals surface area contributed by atoms with E-state index in [2.05, 4.69) is 5.32 Å². The van der Waals surface area contributed by atoms with E-state index in [9.17, 15) is 4.79 Å². The third-order valence-corrected chi connectivity index (χ3v) is 2.68. The van der Waals surface area contributed by atoms with Crippen molar-refractivity contribution < 1.29 is 9.53 Å². The Morgan fingerprint density at radius 1 is 1.56 bits per heavy atom. The van der Waals surface area contributed by atoms with Crippen LogP contribution in [-0.2, 0) is 4.79 Å². The Kier molecular flexibility index (Phi) is 5.88. The highest BCUT2D eigenvalue weighted by atomic mass is 35.5. The van der Waals surface area contributed by atoms with E-state index in [-0.39, 0.29) is 17.5 Å². The number of carbonyl (C=O) groups excluding carboxylic acids is 1. The minimum absolute atomic E-state index is 0.0634. The minimum Gasteiger partial charge on any atom is -0.482 e. The number of nitrogens with two attached hydrogens (primary N) is 1. The van der Waals surface area contributed by atoms with E-state index in [1.54, 1.807) is 18.2 Å². The molecule has 0 bridgehead atoms. The van der Waals surface area contributed by atoms with Crippen LogP contribution < -0.4 is 15.8 Å². The molecule has 1 amide bonds. The zero-order valence-electron chi connectivity index (χ0n) is 10.0. The first kappa shape index (κ1) is 14.7. The summed E-state index contributed by atoms with van der Waals surface area (Å²) >= 11 is 10.8. The van der Waals surface area contributed by atoms with Crippen molar-refractivity contribution in [2.75, 3.05) is 13.2 Å². The average molecular weight is 287 g/mol. The lowest BCUT2D eigenvalue weighted by Gasteiger charge is -2.09. The minimum atomic E-state index is -0.175. The van der Waals surface area contributed by atoms with Crippen LogP contribution in [0.3, 0.4) is 0 Å². The number of carbonyl (C=O) groups is 1. The van der Waals surface area contributed by atoms with E-state index in [1.165, 1.54) is 0 Å². The zero-order chi connectivity index (χ0) is 13.5. The molecule has 0 heterocycles. The number of thiocarbonyl (C=S) groups is 1. The Morgan fingerprint density at radius 3 is 2.83 bits per heavy atom. The molecule has 1 aromatic carbocycles. The molecule has 0 aliphatic rings. The molecule has 0 spiro atoms. The topological polar surface area (TPSA) is 64.3 Å². The molecule has 0 aromatic heterocycles. The van der Waals surface area contributed by atoms with E-state index in [4.69, 9.17) is 34.3 Å². The van der Waals surface area contributed by atoms with Gasteiger partial charge in [0.1, 0.15) is 10.7 Å². The fourth-order valence-electron chi connectivity index (χ4n) is 1.23. The van der Waals surface area contributed by atoms with E-state index in [0.717, 1.165) is 6.42 Å². The molecule has 0 aliphatic heterocycles. The van der Waals surface area contributed by atoms with Crippen molar-refractivity contribution in [2.45, 2.75) is 13.3 Å². The smallest absolute Gasteiger partial charge is 0.257 e. The number of ether oxygens (including phenoxy) is 1. The summed E-state index contributed by atoms with van der Waals surface area (Å²) in [5.41, 5.74) is 6.14. The lowest BCUT2D eigenvalue weighted by molar-refractivity contribution is -0.123. The van der Waals surface area contributed by atoms with Crippen molar-refractivity contribution >= 4 is 34.7 Å². The second-order valence-corrected chi connectivity index (χ2v) is 4.50. The van der Waals surface area contributed by atoms with Gasteiger partial charge in [-0.2, -0.15) is 0 Å². The Hall–Kier alpha value is -1.33. The van der Waals surface area contributed by atoms with Crippen molar-refractivity contribution in [3.05, 3.63) is 28.8 Å². The van der Waals surface area contributed by atoms with Gasteiger partial charge in [-0.3, -0.25) is 4.79 Å². The van der Waals surface area contributed by atoms with Gasteiger partial charge in [-0.15, -0.1) is 0 Å². The molecule has 4 nitrogen and oxygen atoms in total. The molecule has 98 valence electrons. The fourth-order valence-corrected chi connectivity index (χ4v) is 1.59. The van der Waals surface area contributed by atoms with E-state index in [1.807, 2.05) is 6.92 Å². The van der Waals surface area contributed by atoms with Crippen LogP contribution in [-0.4, -0.2) is 24.0 Å². The largest absolute Gasteiger partial charge is 0.482 e. The summed E-state index contributed by atoms with van der Waals surface area (Å²) in [6.07, 6.45) is 0.884. The second-order valence-electron chi connectivity index (χ2n) is 3.65. The van der Waals surface area contributed by atoms with Crippen LogP contribution >= 0.6 is 23.8 Å². The maximum Gasteiger partial charge on any atom is 0.257 e. The SMILES string of the molecule is CCCNC(=O)COc1ccc(C(N)=S)cc1Cl. The molecule has 18 heavy (non-hydrogen) atoms. The van der Waals surface area contributed by atoms with Crippen LogP contribution in [0.2, 0.25) is 5.02 Å². The van der Waals surface area contributed by atoms with Crippen LogP contribution in [0.25, 0.3) is 0 Å². The van der Waals surface area contributed by atoms with Gasteiger partial charge in [-0.05, 0) is 24.6 Å². The number of hydrogen-bond donors (Lipinski definition) is 2. The summed E-state index contributed by atoms with van der Waals surface area (Å²) in [6.45, 7) is 2.55. The van der Waals surface area contributed by atoms with Crippen molar-refractivity contribution in [1.82, 2.24) is 5.32 Å². The highest BCUT2D eigenvalue weighted by Crippen LogP contribution is 2.25. The molecule has 0 aliphatic carbocycles. The lowest BCUT2D eigenvalue weighted by atomic mass is 10.2. The standard InChI is InChI=1S/C12H15ClN2O2S/c1-2-5-15-11(16)7-17-10-4-3-8(12(14)18)6-9(10)13/h3-4,6H,2,5,7H2,1H3,(H2,14,18)(H,15,16). The first-order valence-corrected chi connectivity index (χ1v) is 6.32. The third kappa shape index (κ3) is 4.50. The highest BCUT2D eigenvalue weighted by Gasteiger charge is 2.07. The summed E-state index contributed by atoms with van der Waals surface area (Å²) < 4.78 is 5.30. The van der Waals surface area contributed by atoms with Crippen molar-refractivity contribution in [1.29, 1.82) is 0 Å². The van der Waals surface area contributed by atoms with Crippen LogP contribution in [0.15, 0.2) is 18.2 Å². The predicted molar refractivity (Wildman–Crippen MR) is 76.1 cm³/mol. The zero-order valence-corrected chi connectivity index (χ0v) is 11.6. The maximum atomic E-state index is 11.3. The Labute approximate surface area is 116 Å². The van der Waals surface area contributed by atoms with Crippen molar-refractivity contribution in [2.24, 2.45) is 5.73 Å². The number of halogens is 1. The van der Waals surface area contributed by atoms with E-state index in [0.29, 0.717) is 22.9 Å². The van der Waals surface area contributed by atoms with Gasteiger partial charge in [0.25, 0.3) is 5.91 Å². The number of amides is 1. The predicted octanol–water partition coefficient (Wildman–Crippen LogP) is 1.88. The Morgan fingerprint density at radius 2 is 2.28 bits per heavy atom. The van der Waals surface area contributed by atoms with Gasteiger partial charge in [0.15, 0.2) is 6.61 Å². The molecule has 6 heteroatoms. The molecule has 1 rings (SSSR count). The van der Waals surface area contributed by atoms with Crippen LogP contribution in [0.5, 0.6) is 5.75 Å². The van der Waals surface area contributed by atoms with Gasteiger partial charge in [-0.1, -0.05) is 30.7 Å². The molecule has 0 unspecified atom stereocenters. The summed E-state index contributed by atoms with van der Waals surface area (Å²) in [5.74, 6) is 0.259. The van der Waals surface area contributed by atoms with Crippen molar-refractivity contribution in [3.8, 4) is 5.75 Å². The molecular weight excluding hydrogens is 272 g/mol. The van der Waals surface area contributed by atoms with Gasteiger partial charge in [-0.25, -0.2) is 0 Å². The number of hydrogen-bond acceptors (Lipinski definition) is 3. The lowest BCUT2D eigenvalue weighted by Crippen LogP contribution is -2.29. The summed E-state index contributed by atoms with van der Waals surface area (Å²) in [6, 6.07) is 4.96. The monoisotopic (exact) mass is 286 g/mol. The molecule has 0 radical (unpaired) electrons. The molecule has 1 aromatic rings. The molecule has 0 saturated carbocycles. The fraction of sp³-hybridized carbons (Fsp3) is 0.333. The molecule has 0 atom stereocenters. The van der Waals surface area contributed by atoms with Gasteiger partial charge >= 0.3 is 0 Å². The van der Waals surface area contributed by atoms with Crippen LogP contribution in [0.1, 0.15) is 18.9 Å². The Bertz CT molecular complexity index is 452. The number of rotatable bonds is 6. The van der Waals surface area contributed by atoms with Crippen LogP contribution in [0.4, 0.5) is 0 Å². The third-order valence-electron chi connectivity index (χ3n) is 2.15.